The first kappa shape index (κ1) is 17.3. The Morgan fingerprint density at radius 2 is 2.04 bits per heavy atom. The van der Waals surface area contributed by atoms with Crippen LogP contribution in [0.3, 0.4) is 0 Å². The van der Waals surface area contributed by atoms with Crippen LogP contribution in [0.2, 0.25) is 0 Å². The van der Waals surface area contributed by atoms with Crippen molar-refractivity contribution in [3.05, 3.63) is 64.3 Å². The van der Waals surface area contributed by atoms with E-state index < -0.39 is 0 Å². The van der Waals surface area contributed by atoms with Gasteiger partial charge in [-0.1, -0.05) is 19.1 Å². The van der Waals surface area contributed by atoms with Crippen molar-refractivity contribution in [2.45, 2.75) is 32.2 Å². The summed E-state index contributed by atoms with van der Waals surface area (Å²) in [5.41, 5.74) is 1.28. The molecule has 0 unspecified atom stereocenters. The van der Waals surface area contributed by atoms with Gasteiger partial charge in [0.15, 0.2) is 0 Å². The molecular weight excluding hydrogens is 343 g/mol. The summed E-state index contributed by atoms with van der Waals surface area (Å²) in [6.45, 7) is 2.58. The molecule has 0 aliphatic heterocycles. The number of rotatable bonds is 5. The highest BCUT2D eigenvalue weighted by atomic mass is 19.1. The van der Waals surface area contributed by atoms with Crippen LogP contribution in [-0.2, 0) is 0 Å². The fourth-order valence-corrected chi connectivity index (χ4v) is 3.43. The Hall–Kier alpha value is -3.13. The maximum Gasteiger partial charge on any atom is 0.259 e. The van der Waals surface area contributed by atoms with Gasteiger partial charge in [0.25, 0.3) is 5.56 Å². The van der Waals surface area contributed by atoms with Crippen molar-refractivity contribution in [2.75, 3.05) is 6.61 Å². The zero-order chi connectivity index (χ0) is 19.0. The maximum atomic E-state index is 13.9. The minimum absolute atomic E-state index is 0.0416. The minimum Gasteiger partial charge on any atom is -0.494 e. The summed E-state index contributed by atoms with van der Waals surface area (Å²) in [5.74, 6) is 0.251. The van der Waals surface area contributed by atoms with Gasteiger partial charge in [-0.2, -0.15) is 5.26 Å². The molecule has 1 aliphatic carbocycles. The third-order valence-electron chi connectivity index (χ3n) is 4.79. The van der Waals surface area contributed by atoms with E-state index in [1.54, 1.807) is 34.9 Å². The number of fused-ring (bicyclic) bond motifs is 1. The SMILES string of the molecule is CCCOc1ccc2c(=O)n(C3CC3)c(C#N)c(-c3cccc(F)c3)c2c1. The lowest BCUT2D eigenvalue weighted by Crippen LogP contribution is -2.23. The molecule has 1 heterocycles. The first-order valence-electron chi connectivity index (χ1n) is 9.15. The highest BCUT2D eigenvalue weighted by Crippen LogP contribution is 2.39. The first-order valence-corrected chi connectivity index (χ1v) is 9.15. The van der Waals surface area contributed by atoms with Crippen LogP contribution in [-0.4, -0.2) is 11.2 Å². The predicted octanol–water partition coefficient (Wildman–Crippen LogP) is 4.80. The Morgan fingerprint density at radius 3 is 2.70 bits per heavy atom. The second-order valence-corrected chi connectivity index (χ2v) is 6.81. The van der Waals surface area contributed by atoms with Gasteiger partial charge in [-0.05, 0) is 55.2 Å². The largest absolute Gasteiger partial charge is 0.494 e. The number of ether oxygens (including phenoxy) is 1. The Morgan fingerprint density at radius 1 is 1.22 bits per heavy atom. The zero-order valence-electron chi connectivity index (χ0n) is 15.0. The molecule has 0 spiro atoms. The molecule has 1 saturated carbocycles. The number of hydrogen-bond donors (Lipinski definition) is 0. The number of benzene rings is 2. The molecule has 0 bridgehead atoms. The normalized spacial score (nSPS) is 13.5. The molecule has 0 radical (unpaired) electrons. The second kappa shape index (κ2) is 6.88. The number of nitriles is 1. The summed E-state index contributed by atoms with van der Waals surface area (Å²) in [6.07, 6.45) is 2.61. The van der Waals surface area contributed by atoms with Gasteiger partial charge in [-0.3, -0.25) is 9.36 Å². The molecule has 0 N–H and O–H groups in total. The van der Waals surface area contributed by atoms with E-state index in [2.05, 4.69) is 6.07 Å². The number of halogens is 1. The average molecular weight is 362 g/mol. The van der Waals surface area contributed by atoms with Crippen molar-refractivity contribution >= 4 is 10.8 Å². The summed E-state index contributed by atoms with van der Waals surface area (Å²) in [6, 6.07) is 13.7. The van der Waals surface area contributed by atoms with Gasteiger partial charge < -0.3 is 4.74 Å². The van der Waals surface area contributed by atoms with Crippen LogP contribution in [0.15, 0.2) is 47.3 Å². The predicted molar refractivity (Wildman–Crippen MR) is 102 cm³/mol. The molecule has 1 fully saturated rings. The van der Waals surface area contributed by atoms with Crippen LogP contribution in [0.25, 0.3) is 21.9 Å². The number of hydrogen-bond acceptors (Lipinski definition) is 3. The van der Waals surface area contributed by atoms with E-state index in [0.29, 0.717) is 34.3 Å². The van der Waals surface area contributed by atoms with Crippen molar-refractivity contribution < 1.29 is 9.13 Å². The quantitative estimate of drug-likeness (QED) is 0.655. The van der Waals surface area contributed by atoms with Crippen LogP contribution in [0.1, 0.15) is 37.9 Å². The summed E-state index contributed by atoms with van der Waals surface area (Å²) in [4.78, 5) is 13.1. The van der Waals surface area contributed by atoms with Crippen molar-refractivity contribution in [1.82, 2.24) is 4.57 Å². The van der Waals surface area contributed by atoms with E-state index >= 15 is 0 Å². The monoisotopic (exact) mass is 362 g/mol. The lowest BCUT2D eigenvalue weighted by molar-refractivity contribution is 0.318. The van der Waals surface area contributed by atoms with Crippen molar-refractivity contribution in [3.63, 3.8) is 0 Å². The molecule has 1 aromatic heterocycles. The number of nitrogens with zero attached hydrogens (tertiary/aromatic N) is 2. The van der Waals surface area contributed by atoms with E-state index in [9.17, 15) is 14.4 Å². The lowest BCUT2D eigenvalue weighted by atomic mass is 9.96. The van der Waals surface area contributed by atoms with Crippen LogP contribution >= 0.6 is 0 Å². The fraction of sp³-hybridized carbons (Fsp3) is 0.273. The van der Waals surface area contributed by atoms with E-state index in [1.807, 2.05) is 6.92 Å². The molecule has 1 aliphatic rings. The lowest BCUT2D eigenvalue weighted by Gasteiger charge is -2.16. The van der Waals surface area contributed by atoms with Gasteiger partial charge in [0.05, 0.1) is 6.61 Å². The molecule has 4 nitrogen and oxygen atoms in total. The van der Waals surface area contributed by atoms with Crippen LogP contribution < -0.4 is 10.3 Å². The molecule has 4 rings (SSSR count). The molecule has 0 saturated heterocycles. The summed E-state index contributed by atoms with van der Waals surface area (Å²) in [5, 5.41) is 11.0. The highest BCUT2D eigenvalue weighted by Gasteiger charge is 2.30. The Labute approximate surface area is 156 Å². The summed E-state index contributed by atoms with van der Waals surface area (Å²) < 4.78 is 21.2. The molecule has 2 aromatic carbocycles. The van der Waals surface area contributed by atoms with Crippen LogP contribution in [0.4, 0.5) is 4.39 Å². The van der Waals surface area contributed by atoms with Crippen LogP contribution in [0, 0.1) is 17.1 Å². The molecule has 0 amide bonds. The topological polar surface area (TPSA) is 55.0 Å². The van der Waals surface area contributed by atoms with Crippen LogP contribution in [0.5, 0.6) is 5.75 Å². The van der Waals surface area contributed by atoms with Crippen molar-refractivity contribution in [1.29, 1.82) is 5.26 Å². The standard InChI is InChI=1S/C22H19FN2O2/c1-2-10-27-17-8-9-18-19(12-17)21(14-4-3-5-15(23)11-14)20(13-24)25(22(18)26)16-6-7-16/h3-5,8-9,11-12,16H,2,6-7,10H2,1H3. The Kier molecular flexibility index (Phi) is 4.41. The third-order valence-corrected chi connectivity index (χ3v) is 4.79. The van der Waals surface area contributed by atoms with E-state index in [1.165, 1.54) is 12.1 Å². The Bertz CT molecular complexity index is 1120. The molecule has 136 valence electrons. The van der Waals surface area contributed by atoms with Gasteiger partial charge in [0, 0.05) is 22.4 Å². The van der Waals surface area contributed by atoms with Gasteiger partial charge in [0.2, 0.25) is 0 Å². The van der Waals surface area contributed by atoms with Gasteiger partial charge in [-0.25, -0.2) is 4.39 Å². The number of pyridine rings is 1. The molecule has 5 heteroatoms. The van der Waals surface area contributed by atoms with Gasteiger partial charge in [0.1, 0.15) is 23.3 Å². The summed E-state index contributed by atoms with van der Waals surface area (Å²) in [7, 11) is 0. The van der Waals surface area contributed by atoms with E-state index in [-0.39, 0.29) is 23.1 Å². The molecular formula is C22H19FN2O2. The van der Waals surface area contributed by atoms with Crippen molar-refractivity contribution in [2.24, 2.45) is 0 Å². The smallest absolute Gasteiger partial charge is 0.259 e. The number of aromatic nitrogens is 1. The zero-order valence-corrected chi connectivity index (χ0v) is 15.0. The molecule has 0 atom stereocenters. The van der Waals surface area contributed by atoms with E-state index in [0.717, 1.165) is 19.3 Å². The molecule has 3 aromatic rings. The minimum atomic E-state index is -0.382. The highest BCUT2D eigenvalue weighted by molar-refractivity contribution is 5.99. The second-order valence-electron chi connectivity index (χ2n) is 6.81. The summed E-state index contributed by atoms with van der Waals surface area (Å²) >= 11 is 0. The van der Waals surface area contributed by atoms with Gasteiger partial charge in [-0.15, -0.1) is 0 Å². The third kappa shape index (κ3) is 3.08. The fourth-order valence-electron chi connectivity index (χ4n) is 3.43. The Balaban J connectivity index is 2.08. The molecule has 27 heavy (non-hydrogen) atoms. The van der Waals surface area contributed by atoms with Crippen molar-refractivity contribution in [3.8, 4) is 22.9 Å². The average Bonchev–Trinajstić information content (AvgIpc) is 3.50. The van der Waals surface area contributed by atoms with E-state index in [4.69, 9.17) is 4.74 Å². The first-order chi connectivity index (χ1) is 13.1. The van der Waals surface area contributed by atoms with Gasteiger partial charge >= 0.3 is 0 Å². The maximum absolute atomic E-state index is 13.9.